The highest BCUT2D eigenvalue weighted by Gasteiger charge is 2.22. The number of benzene rings is 1. The van der Waals surface area contributed by atoms with Crippen molar-refractivity contribution in [3.63, 3.8) is 0 Å². The van der Waals surface area contributed by atoms with Crippen LogP contribution in [0.4, 0.5) is 17.3 Å². The fraction of sp³-hybridized carbons (Fsp3) is 0.455. The van der Waals surface area contributed by atoms with Gasteiger partial charge in [-0.15, -0.1) is 0 Å². The topological polar surface area (TPSA) is 141 Å². The molecule has 0 amide bonds. The van der Waals surface area contributed by atoms with Gasteiger partial charge in [0, 0.05) is 12.0 Å². The van der Waals surface area contributed by atoms with Gasteiger partial charge in [0.2, 0.25) is 0 Å². The third-order valence-electron chi connectivity index (χ3n) is 5.80. The van der Waals surface area contributed by atoms with Crippen molar-refractivity contribution in [2.45, 2.75) is 50.5 Å². The Morgan fingerprint density at radius 2 is 2.00 bits per heavy atom. The Kier molecular flexibility index (Phi) is 7.48. The van der Waals surface area contributed by atoms with Crippen LogP contribution in [0.3, 0.4) is 0 Å². The summed E-state index contributed by atoms with van der Waals surface area (Å²) in [6, 6.07) is 9.77. The van der Waals surface area contributed by atoms with Crippen molar-refractivity contribution >= 4 is 23.3 Å². The number of anilines is 3. The molecule has 162 valence electrons. The van der Waals surface area contributed by atoms with E-state index in [1.165, 1.54) is 39.2 Å². The van der Waals surface area contributed by atoms with E-state index in [1.807, 2.05) is 18.2 Å². The summed E-state index contributed by atoms with van der Waals surface area (Å²) in [7, 11) is 1.38. The lowest BCUT2D eigenvalue weighted by atomic mass is 9.86. The minimum Gasteiger partial charge on any atom is -0.465 e. The molecule has 8 N–H and O–H groups in total. The highest BCUT2D eigenvalue weighted by Crippen LogP contribution is 2.36. The summed E-state index contributed by atoms with van der Waals surface area (Å²) >= 11 is 0. The van der Waals surface area contributed by atoms with E-state index < -0.39 is 0 Å². The fourth-order valence-corrected chi connectivity index (χ4v) is 4.23. The van der Waals surface area contributed by atoms with Gasteiger partial charge in [-0.25, -0.2) is 15.6 Å². The van der Waals surface area contributed by atoms with Crippen LogP contribution in [0.5, 0.6) is 0 Å². The van der Waals surface area contributed by atoms with E-state index in [-0.39, 0.29) is 11.9 Å². The van der Waals surface area contributed by atoms with Crippen LogP contribution in [0.15, 0.2) is 30.3 Å². The smallest absolute Gasteiger partial charge is 0.337 e. The number of hydrogen-bond donors (Lipinski definition) is 5. The first kappa shape index (κ1) is 21.9. The normalized spacial score (nSPS) is 15.5. The summed E-state index contributed by atoms with van der Waals surface area (Å²) < 4.78 is 4.88. The lowest BCUT2D eigenvalue weighted by Gasteiger charge is -2.26. The van der Waals surface area contributed by atoms with Gasteiger partial charge in [0.25, 0.3) is 0 Å². The van der Waals surface area contributed by atoms with Crippen LogP contribution >= 0.6 is 0 Å². The average Bonchev–Trinajstić information content (AvgIpc) is 2.78. The molecule has 1 aromatic carbocycles. The summed E-state index contributed by atoms with van der Waals surface area (Å²) in [5.74, 6) is 5.81. The Morgan fingerprint density at radius 1 is 1.23 bits per heavy atom. The minimum atomic E-state index is -0.373. The molecular formula is C22H32N6O2. The molecule has 1 fully saturated rings. The number of esters is 1. The molecule has 1 aliphatic rings. The first-order valence-corrected chi connectivity index (χ1v) is 10.5. The van der Waals surface area contributed by atoms with Crippen LogP contribution in [0.2, 0.25) is 0 Å². The van der Waals surface area contributed by atoms with Crippen molar-refractivity contribution in [1.82, 2.24) is 10.3 Å². The number of ether oxygens (including phenoxy) is 1. The number of carbonyl (C=O) groups is 1. The highest BCUT2D eigenvalue weighted by atomic mass is 16.5. The number of nitrogens with two attached hydrogens (primary N) is 3. The van der Waals surface area contributed by atoms with E-state index in [1.54, 1.807) is 12.1 Å². The number of nitrogen functional groups attached to an aromatic ring is 3. The molecule has 8 nitrogen and oxygen atoms in total. The zero-order valence-corrected chi connectivity index (χ0v) is 17.5. The lowest BCUT2D eigenvalue weighted by Crippen LogP contribution is -2.32. The van der Waals surface area contributed by atoms with Crippen molar-refractivity contribution in [3.8, 4) is 0 Å². The molecule has 30 heavy (non-hydrogen) atoms. The summed E-state index contributed by atoms with van der Waals surface area (Å²) in [5.41, 5.74) is 17.7. The Balaban J connectivity index is 1.91. The van der Waals surface area contributed by atoms with Gasteiger partial charge in [0.05, 0.1) is 18.4 Å². The van der Waals surface area contributed by atoms with Crippen LogP contribution in [-0.4, -0.2) is 30.6 Å². The van der Waals surface area contributed by atoms with Gasteiger partial charge in [0.15, 0.2) is 5.82 Å². The van der Waals surface area contributed by atoms with E-state index in [4.69, 9.17) is 22.0 Å². The maximum atomic E-state index is 12.1. The Morgan fingerprint density at radius 3 is 2.70 bits per heavy atom. The average molecular weight is 413 g/mol. The van der Waals surface area contributed by atoms with E-state index in [9.17, 15) is 4.79 Å². The van der Waals surface area contributed by atoms with Crippen molar-refractivity contribution in [1.29, 1.82) is 0 Å². The number of aromatic nitrogens is 1. The number of methoxy groups -OCH3 is 1. The Hall–Kier alpha value is -2.84. The third kappa shape index (κ3) is 5.20. The quantitative estimate of drug-likeness (QED) is 0.253. The summed E-state index contributed by atoms with van der Waals surface area (Å²) in [4.78, 5) is 16.2. The number of rotatable bonds is 8. The molecule has 8 heteroatoms. The molecule has 0 spiro atoms. The van der Waals surface area contributed by atoms with Gasteiger partial charge < -0.3 is 26.9 Å². The molecule has 1 aromatic heterocycles. The number of carbonyl (C=O) groups excluding carboxylic acids is 1. The largest absolute Gasteiger partial charge is 0.465 e. The van der Waals surface area contributed by atoms with Crippen molar-refractivity contribution in [3.05, 3.63) is 47.0 Å². The zero-order valence-electron chi connectivity index (χ0n) is 17.5. The molecule has 1 heterocycles. The van der Waals surface area contributed by atoms with Gasteiger partial charge in [-0.05, 0) is 55.1 Å². The zero-order chi connectivity index (χ0) is 21.5. The first-order valence-electron chi connectivity index (χ1n) is 10.5. The summed E-state index contributed by atoms with van der Waals surface area (Å²) in [6.45, 7) is 0.824. The predicted octanol–water partition coefficient (Wildman–Crippen LogP) is 2.76. The molecule has 3 rings (SSSR count). The molecule has 0 radical (unpaired) electrons. The van der Waals surface area contributed by atoms with Gasteiger partial charge in [0.1, 0.15) is 5.82 Å². The van der Waals surface area contributed by atoms with Crippen molar-refractivity contribution < 1.29 is 9.53 Å². The molecule has 1 unspecified atom stereocenters. The van der Waals surface area contributed by atoms with Crippen molar-refractivity contribution in [2.24, 2.45) is 5.84 Å². The third-order valence-corrected chi connectivity index (χ3v) is 5.80. The molecule has 0 saturated heterocycles. The maximum absolute atomic E-state index is 12.1. The van der Waals surface area contributed by atoms with Crippen LogP contribution in [0.25, 0.3) is 0 Å². The minimum absolute atomic E-state index is 0.0805. The molecule has 2 aromatic rings. The van der Waals surface area contributed by atoms with Gasteiger partial charge in [-0.1, -0.05) is 31.4 Å². The number of nitrogens with zero attached hydrogens (tertiary/aromatic N) is 1. The second kappa shape index (κ2) is 10.3. The number of hydrazine groups is 1. The standard InChI is InChI=1S/C22H32N6O2/c1-30-22(29)15-7-5-6-14(12-15)17(10-11-26-16-8-3-2-4-9-16)18-13-19(23)27-21(28-25)20(18)24/h5-7,12-13,16-17,26H,2-4,8-11,24-25H2,1H3,(H3,23,27,28). The van der Waals surface area contributed by atoms with E-state index in [2.05, 4.69) is 15.7 Å². The number of hydrogen-bond acceptors (Lipinski definition) is 8. The van der Waals surface area contributed by atoms with Crippen LogP contribution < -0.4 is 28.1 Å². The molecule has 1 aliphatic carbocycles. The van der Waals surface area contributed by atoms with Crippen LogP contribution in [-0.2, 0) is 4.74 Å². The second-order valence-electron chi connectivity index (χ2n) is 7.79. The Labute approximate surface area is 177 Å². The molecular weight excluding hydrogens is 380 g/mol. The van der Waals surface area contributed by atoms with Gasteiger partial charge in [-0.3, -0.25) is 0 Å². The van der Waals surface area contributed by atoms with E-state index >= 15 is 0 Å². The van der Waals surface area contributed by atoms with Crippen LogP contribution in [0, 0.1) is 0 Å². The second-order valence-corrected chi connectivity index (χ2v) is 7.79. The first-order chi connectivity index (χ1) is 14.5. The Bertz CT molecular complexity index is 867. The monoisotopic (exact) mass is 412 g/mol. The summed E-state index contributed by atoms with van der Waals surface area (Å²) in [5, 5.41) is 3.68. The van der Waals surface area contributed by atoms with E-state index in [0.29, 0.717) is 28.9 Å². The van der Waals surface area contributed by atoms with Gasteiger partial charge >= 0.3 is 5.97 Å². The van der Waals surface area contributed by atoms with E-state index in [0.717, 1.165) is 24.1 Å². The molecule has 1 saturated carbocycles. The molecule has 1 atom stereocenters. The van der Waals surface area contributed by atoms with Crippen LogP contribution in [0.1, 0.15) is 65.9 Å². The number of nitrogens with one attached hydrogen (secondary N) is 2. The molecule has 0 bridgehead atoms. The van der Waals surface area contributed by atoms with Gasteiger partial charge in [-0.2, -0.15) is 0 Å². The predicted molar refractivity (Wildman–Crippen MR) is 120 cm³/mol. The lowest BCUT2D eigenvalue weighted by molar-refractivity contribution is 0.0600. The summed E-state index contributed by atoms with van der Waals surface area (Å²) in [6.07, 6.45) is 7.10. The number of pyridine rings is 1. The SMILES string of the molecule is COC(=O)c1cccc(C(CCNC2CCCCC2)c2cc(N)nc(NN)c2N)c1. The highest BCUT2D eigenvalue weighted by molar-refractivity contribution is 5.89. The molecule has 0 aliphatic heterocycles. The van der Waals surface area contributed by atoms with Crippen molar-refractivity contribution in [2.75, 3.05) is 30.5 Å². The fourth-order valence-electron chi connectivity index (χ4n) is 4.23. The maximum Gasteiger partial charge on any atom is 0.337 e.